The van der Waals surface area contributed by atoms with Crippen molar-refractivity contribution in [3.05, 3.63) is 83.6 Å². The molecule has 1 aliphatic heterocycles. The number of nitrogens with zero attached hydrogens (tertiary/aromatic N) is 4. The molecule has 3 aromatic carbocycles. The Labute approximate surface area is 376 Å². The second-order valence-electron chi connectivity index (χ2n) is 19.3. The number of rotatable bonds is 13. The molecule has 4 amide bonds. The summed E-state index contributed by atoms with van der Waals surface area (Å²) in [6.07, 6.45) is 4.93. The fourth-order valence-corrected chi connectivity index (χ4v) is 10.1. The van der Waals surface area contributed by atoms with E-state index in [2.05, 4.69) is 32.5 Å². The van der Waals surface area contributed by atoms with Gasteiger partial charge >= 0.3 is 12.2 Å². The average molecular weight is 891 g/mol. The van der Waals surface area contributed by atoms with Gasteiger partial charge in [-0.05, 0) is 102 Å². The summed E-state index contributed by atoms with van der Waals surface area (Å²) in [5.41, 5.74) is 4.55. The molecule has 2 saturated carbocycles. The lowest BCUT2D eigenvalue weighted by molar-refractivity contribution is -0.139. The van der Waals surface area contributed by atoms with Crippen LogP contribution in [-0.4, -0.2) is 92.6 Å². The summed E-state index contributed by atoms with van der Waals surface area (Å²) in [4.78, 5) is 72.1. The van der Waals surface area contributed by atoms with Gasteiger partial charge in [-0.1, -0.05) is 65.0 Å². The van der Waals surface area contributed by atoms with Gasteiger partial charge in [-0.15, -0.1) is 0 Å². The van der Waals surface area contributed by atoms with E-state index in [9.17, 15) is 19.2 Å². The van der Waals surface area contributed by atoms with Crippen LogP contribution in [0.3, 0.4) is 0 Å². The second kappa shape index (κ2) is 16.6. The number of hydrogen-bond acceptors (Lipinski definition) is 8. The molecule has 3 heterocycles. The van der Waals surface area contributed by atoms with Crippen LogP contribution in [0, 0.1) is 23.2 Å². The Morgan fingerprint density at radius 2 is 1.46 bits per heavy atom. The summed E-state index contributed by atoms with van der Waals surface area (Å²) in [5.74, 6) is -2.68. The zero-order chi connectivity index (χ0) is 46.1. The van der Waals surface area contributed by atoms with Crippen molar-refractivity contribution in [2.75, 3.05) is 20.8 Å². The Kier molecular flexibility index (Phi) is 11.2. The van der Waals surface area contributed by atoms with Crippen LogP contribution in [0.25, 0.3) is 44.5 Å². The fraction of sp³-hybridized carbons (Fsp3) is 0.469. The standard InChI is InChI=1S/C49H56F2N8O6/c1-25(2)40(56-46(62)64-6)44(60)58(24-48(5)16-17-48)23-39-52-22-38(53-39)29-10-14-33-32-13-9-27(19-34(32)49(50,51)35(33)20-29)28-11-15-36-37(21-28)55-43(54-36)42-30-8-12-31(18-30)59(42)45(61)41(26(3)4)57-47(63)65-7/h9-11,13-15,19-22,25-26,30-31,40-42H,8,12,16-18,23-24H2,1-7H3,(H,52,53)(H,54,55)(H,56,62)(H,57,63)/t30-,31+,40?,41?,42-/m0/s1. The van der Waals surface area contributed by atoms with E-state index in [-0.39, 0.29) is 64.7 Å². The highest BCUT2D eigenvalue weighted by Gasteiger charge is 2.52. The first-order valence-corrected chi connectivity index (χ1v) is 22.5. The van der Waals surface area contributed by atoms with E-state index in [1.54, 1.807) is 35.4 Å². The number of ether oxygens (including phenoxy) is 2. The lowest BCUT2D eigenvalue weighted by atomic mass is 9.95. The van der Waals surface area contributed by atoms with Crippen molar-refractivity contribution >= 4 is 35.0 Å². The Morgan fingerprint density at radius 3 is 2.11 bits per heavy atom. The summed E-state index contributed by atoms with van der Waals surface area (Å²) in [6.45, 7) is 10.2. The molecule has 5 aromatic rings. The zero-order valence-corrected chi connectivity index (χ0v) is 37.8. The predicted octanol–water partition coefficient (Wildman–Crippen LogP) is 8.68. The van der Waals surface area contributed by atoms with Crippen LogP contribution in [0.15, 0.2) is 60.8 Å². The Bertz CT molecular complexity index is 2690. The first-order chi connectivity index (χ1) is 31.0. The van der Waals surface area contributed by atoms with Crippen molar-refractivity contribution in [3.63, 3.8) is 0 Å². The van der Waals surface area contributed by atoms with E-state index in [0.29, 0.717) is 51.7 Å². The fourth-order valence-electron chi connectivity index (χ4n) is 10.1. The molecule has 16 heteroatoms. The minimum Gasteiger partial charge on any atom is -0.453 e. The molecule has 4 aliphatic rings. The van der Waals surface area contributed by atoms with E-state index in [4.69, 9.17) is 14.5 Å². The lowest BCUT2D eigenvalue weighted by Crippen LogP contribution is -2.54. The number of benzene rings is 3. The number of fused-ring (bicyclic) bond motifs is 6. The Morgan fingerprint density at radius 1 is 0.846 bits per heavy atom. The van der Waals surface area contributed by atoms with Crippen LogP contribution in [-0.2, 0) is 31.5 Å². The molecule has 5 atom stereocenters. The van der Waals surface area contributed by atoms with Crippen LogP contribution in [0.1, 0.15) is 95.5 Å². The van der Waals surface area contributed by atoms with Gasteiger partial charge in [0.25, 0.3) is 5.92 Å². The number of carbonyl (C=O) groups is 4. The van der Waals surface area contributed by atoms with Gasteiger partial charge in [0, 0.05) is 29.3 Å². The van der Waals surface area contributed by atoms with Gasteiger partial charge < -0.3 is 39.9 Å². The third kappa shape index (κ3) is 8.09. The molecule has 2 bridgehead atoms. The summed E-state index contributed by atoms with van der Waals surface area (Å²) in [7, 11) is 2.53. The maximum atomic E-state index is 16.6. The highest BCUT2D eigenvalue weighted by molar-refractivity contribution is 5.89. The van der Waals surface area contributed by atoms with Gasteiger partial charge in [-0.25, -0.2) is 19.6 Å². The molecular weight excluding hydrogens is 835 g/mol. The maximum Gasteiger partial charge on any atom is 0.407 e. The van der Waals surface area contributed by atoms with Crippen LogP contribution in [0.5, 0.6) is 0 Å². The number of H-pyrrole nitrogens is 2. The normalized spacial score (nSPS) is 20.7. The molecule has 2 aromatic heterocycles. The molecule has 9 rings (SSSR count). The summed E-state index contributed by atoms with van der Waals surface area (Å²) < 4.78 is 42.9. The van der Waals surface area contributed by atoms with E-state index in [1.165, 1.54) is 20.3 Å². The minimum absolute atomic E-state index is 0.0289. The lowest BCUT2D eigenvalue weighted by Gasteiger charge is -2.37. The molecule has 14 nitrogen and oxygen atoms in total. The second-order valence-corrected chi connectivity index (χ2v) is 19.3. The quantitative estimate of drug-likeness (QED) is 0.0909. The van der Waals surface area contributed by atoms with Crippen molar-refractivity contribution in [2.24, 2.45) is 23.2 Å². The van der Waals surface area contributed by atoms with E-state index in [0.717, 1.165) is 43.2 Å². The number of halogens is 2. The van der Waals surface area contributed by atoms with Gasteiger partial charge in [-0.3, -0.25) is 9.59 Å². The summed E-state index contributed by atoms with van der Waals surface area (Å²) in [6, 6.07) is 14.0. The molecular formula is C49H56F2N8O6. The maximum absolute atomic E-state index is 16.6. The van der Waals surface area contributed by atoms with Crippen molar-refractivity contribution in [3.8, 4) is 33.5 Å². The van der Waals surface area contributed by atoms with Crippen LogP contribution >= 0.6 is 0 Å². The third-order valence-electron chi connectivity index (χ3n) is 14.0. The molecule has 3 aliphatic carbocycles. The number of aromatic nitrogens is 4. The first-order valence-electron chi connectivity index (χ1n) is 22.5. The van der Waals surface area contributed by atoms with Crippen molar-refractivity contribution in [2.45, 2.75) is 103 Å². The van der Waals surface area contributed by atoms with Crippen molar-refractivity contribution < 1.29 is 37.4 Å². The van der Waals surface area contributed by atoms with Gasteiger partial charge in [0.05, 0.1) is 49.7 Å². The van der Waals surface area contributed by atoms with Gasteiger partial charge in [0.15, 0.2) is 0 Å². The molecule has 2 unspecified atom stereocenters. The number of likely N-dealkylation sites (tertiary alicyclic amines) is 1. The van der Waals surface area contributed by atoms with Crippen molar-refractivity contribution in [1.29, 1.82) is 0 Å². The molecule has 65 heavy (non-hydrogen) atoms. The number of amides is 4. The summed E-state index contributed by atoms with van der Waals surface area (Å²) >= 11 is 0. The smallest absolute Gasteiger partial charge is 0.407 e. The number of aromatic amines is 2. The number of alkyl carbamates (subject to hydrolysis) is 2. The molecule has 1 saturated heterocycles. The van der Waals surface area contributed by atoms with Crippen LogP contribution in [0.2, 0.25) is 0 Å². The van der Waals surface area contributed by atoms with Gasteiger partial charge in [0.1, 0.15) is 23.7 Å². The number of nitrogens with one attached hydrogen (secondary N) is 4. The van der Waals surface area contributed by atoms with Crippen molar-refractivity contribution in [1.82, 2.24) is 40.4 Å². The average Bonchev–Trinajstić information content (AvgIpc) is 3.86. The number of carbonyl (C=O) groups excluding carboxylic acids is 4. The zero-order valence-electron chi connectivity index (χ0n) is 37.8. The van der Waals surface area contributed by atoms with Gasteiger partial charge in [-0.2, -0.15) is 8.78 Å². The number of piperidine rings is 1. The minimum atomic E-state index is -3.29. The molecule has 4 N–H and O–H groups in total. The monoisotopic (exact) mass is 890 g/mol. The number of methoxy groups -OCH3 is 2. The topological polar surface area (TPSA) is 175 Å². The van der Waals surface area contributed by atoms with E-state index < -0.39 is 30.2 Å². The molecule has 0 radical (unpaired) electrons. The van der Waals surface area contributed by atoms with Gasteiger partial charge in [0.2, 0.25) is 11.8 Å². The third-order valence-corrected chi connectivity index (χ3v) is 14.0. The Hall–Kier alpha value is -6.32. The van der Waals surface area contributed by atoms with Crippen LogP contribution in [0.4, 0.5) is 18.4 Å². The number of hydrogen-bond donors (Lipinski definition) is 4. The highest BCUT2D eigenvalue weighted by atomic mass is 19.3. The first kappa shape index (κ1) is 43.9. The molecule has 342 valence electrons. The van der Waals surface area contributed by atoms with Crippen LogP contribution < -0.4 is 10.6 Å². The Balaban J connectivity index is 0.946. The number of imidazole rings is 2. The highest BCUT2D eigenvalue weighted by Crippen LogP contribution is 2.53. The predicted molar refractivity (Wildman–Crippen MR) is 239 cm³/mol. The SMILES string of the molecule is COC(=O)NC(C(=O)N(Cc1ncc(-c2ccc3c(c2)C(F)(F)c2cc(-c4ccc5nc([C@@H]6[C@H]7CC[C@H](C7)N6C(=O)C(NC(=O)OC)C(C)C)[nH]c5c4)ccc2-3)[nH]1)CC1(C)CC1)C(C)C. The van der Waals surface area contributed by atoms with E-state index in [1.807, 2.05) is 56.9 Å². The summed E-state index contributed by atoms with van der Waals surface area (Å²) in [5, 5.41) is 5.41. The molecule has 3 fully saturated rings. The number of alkyl halides is 2. The largest absolute Gasteiger partial charge is 0.453 e. The van der Waals surface area contributed by atoms with E-state index >= 15 is 8.78 Å². The molecule has 0 spiro atoms.